The van der Waals surface area contributed by atoms with E-state index in [0.717, 1.165) is 17.1 Å². The zero-order valence-electron chi connectivity index (χ0n) is 19.3. The maximum Gasteiger partial charge on any atom is 0.269 e. The first-order valence-electron chi connectivity index (χ1n) is 10.1. The van der Waals surface area contributed by atoms with Crippen LogP contribution in [0.15, 0.2) is 58.8 Å². The number of anilines is 1. The van der Waals surface area contributed by atoms with Crippen LogP contribution >= 0.6 is 0 Å². The van der Waals surface area contributed by atoms with Crippen molar-refractivity contribution in [3.63, 3.8) is 0 Å². The monoisotopic (exact) mass is 433 g/mol. The zero-order valence-corrected chi connectivity index (χ0v) is 20.1. The van der Waals surface area contributed by atoms with Gasteiger partial charge < -0.3 is 4.90 Å². The molecule has 0 N–H and O–H groups in total. The molecular formula is C23H35N3O3S. The average molecular weight is 434 g/mol. The lowest BCUT2D eigenvalue weighted by molar-refractivity contribution is 0.246. The molecular weight excluding hydrogens is 398 g/mol. The Kier molecular flexibility index (Phi) is 10.2. The molecule has 7 heteroatoms. The Bertz CT molecular complexity index is 833. The molecule has 30 heavy (non-hydrogen) atoms. The molecule has 0 aliphatic carbocycles. The molecule has 0 saturated heterocycles. The lowest BCUT2D eigenvalue weighted by Crippen LogP contribution is -2.20. The van der Waals surface area contributed by atoms with Crippen LogP contribution < -0.4 is 4.90 Å². The molecule has 2 rings (SSSR count). The number of nitrogens with zero attached hydrogens (tertiary/aromatic N) is 3. The lowest BCUT2D eigenvalue weighted by atomic mass is 10.0. The fourth-order valence-corrected chi connectivity index (χ4v) is 3.00. The Hall–Kier alpha value is -2.25. The smallest absolute Gasteiger partial charge is 0.269 e. The van der Waals surface area contributed by atoms with Crippen molar-refractivity contribution >= 4 is 27.2 Å². The lowest BCUT2D eigenvalue weighted by Gasteiger charge is -2.11. The SMILES string of the molecule is CC(C)OS(=O)(=O)C(C)C.CC(C)c1ccc(N=Nc2ccc(N(C)C)cc2)cc1. The number of hydrogen-bond donors (Lipinski definition) is 0. The van der Waals surface area contributed by atoms with E-state index in [9.17, 15) is 8.42 Å². The summed E-state index contributed by atoms with van der Waals surface area (Å²) in [6, 6.07) is 16.2. The molecule has 0 fully saturated rings. The van der Waals surface area contributed by atoms with Crippen molar-refractivity contribution in [3.05, 3.63) is 54.1 Å². The first kappa shape index (κ1) is 25.8. The predicted molar refractivity (Wildman–Crippen MR) is 126 cm³/mol. The Morgan fingerprint density at radius 1 is 0.767 bits per heavy atom. The summed E-state index contributed by atoms with van der Waals surface area (Å²) in [4.78, 5) is 2.06. The second-order valence-electron chi connectivity index (χ2n) is 8.04. The summed E-state index contributed by atoms with van der Waals surface area (Å²) < 4.78 is 26.5. The second-order valence-corrected chi connectivity index (χ2v) is 10.2. The summed E-state index contributed by atoms with van der Waals surface area (Å²) in [5.74, 6) is 0.541. The summed E-state index contributed by atoms with van der Waals surface area (Å²) in [5, 5.41) is 8.07. The molecule has 0 unspecified atom stereocenters. The first-order chi connectivity index (χ1) is 13.9. The number of benzene rings is 2. The van der Waals surface area contributed by atoms with Crippen LogP contribution in [-0.4, -0.2) is 33.9 Å². The van der Waals surface area contributed by atoms with Crippen molar-refractivity contribution in [2.75, 3.05) is 19.0 Å². The van der Waals surface area contributed by atoms with E-state index in [0.29, 0.717) is 5.92 Å². The highest BCUT2D eigenvalue weighted by atomic mass is 32.2. The zero-order chi connectivity index (χ0) is 22.9. The van der Waals surface area contributed by atoms with Crippen molar-refractivity contribution in [1.82, 2.24) is 0 Å². The molecule has 0 heterocycles. The molecule has 0 aromatic heterocycles. The van der Waals surface area contributed by atoms with Gasteiger partial charge in [0.15, 0.2) is 0 Å². The predicted octanol–water partition coefficient (Wildman–Crippen LogP) is 6.44. The maximum atomic E-state index is 10.9. The Morgan fingerprint density at radius 2 is 1.20 bits per heavy atom. The molecule has 0 aliphatic rings. The van der Waals surface area contributed by atoms with Crippen molar-refractivity contribution in [3.8, 4) is 0 Å². The molecule has 0 radical (unpaired) electrons. The fourth-order valence-electron chi connectivity index (χ4n) is 2.24. The van der Waals surface area contributed by atoms with Gasteiger partial charge in [0.05, 0.1) is 22.7 Å². The van der Waals surface area contributed by atoms with E-state index in [2.05, 4.69) is 45.3 Å². The van der Waals surface area contributed by atoms with Gasteiger partial charge in [-0.1, -0.05) is 26.0 Å². The van der Waals surface area contributed by atoms with Gasteiger partial charge >= 0.3 is 0 Å². The largest absolute Gasteiger partial charge is 0.378 e. The molecule has 0 spiro atoms. The van der Waals surface area contributed by atoms with Gasteiger partial charge in [0.25, 0.3) is 10.1 Å². The Balaban J connectivity index is 0.000000382. The first-order valence-corrected chi connectivity index (χ1v) is 11.6. The van der Waals surface area contributed by atoms with Gasteiger partial charge in [-0.2, -0.15) is 18.6 Å². The fraction of sp³-hybridized carbons (Fsp3) is 0.478. The van der Waals surface area contributed by atoms with Crippen LogP contribution in [0.3, 0.4) is 0 Å². The number of hydrogen-bond acceptors (Lipinski definition) is 6. The van der Waals surface area contributed by atoms with Crippen LogP contribution in [0.5, 0.6) is 0 Å². The van der Waals surface area contributed by atoms with Crippen LogP contribution in [0.1, 0.15) is 53.0 Å². The van der Waals surface area contributed by atoms with E-state index in [1.54, 1.807) is 27.7 Å². The van der Waals surface area contributed by atoms with Crippen LogP contribution in [0.2, 0.25) is 0 Å². The normalized spacial score (nSPS) is 11.8. The highest BCUT2D eigenvalue weighted by Gasteiger charge is 2.17. The topological polar surface area (TPSA) is 71.3 Å². The van der Waals surface area contributed by atoms with Gasteiger partial charge in [0.2, 0.25) is 0 Å². The third-order valence-electron chi connectivity index (χ3n) is 4.11. The standard InChI is InChI=1S/C17H21N3.C6H14O3S/c1-13(2)14-5-7-15(8-6-14)18-19-16-9-11-17(12-10-16)20(3)4;1-5(2)9-10(7,8)6(3)4/h5-13H,1-4H3;5-6H,1-4H3. The van der Waals surface area contributed by atoms with Gasteiger partial charge in [0.1, 0.15) is 0 Å². The summed E-state index contributed by atoms with van der Waals surface area (Å²) in [6.45, 7) is 10.9. The van der Waals surface area contributed by atoms with Gasteiger partial charge in [-0.05, 0) is 75.6 Å². The van der Waals surface area contributed by atoms with Crippen LogP contribution in [0.4, 0.5) is 17.1 Å². The van der Waals surface area contributed by atoms with Crippen LogP contribution in [0.25, 0.3) is 0 Å². The molecule has 0 atom stereocenters. The minimum atomic E-state index is -3.30. The summed E-state index contributed by atoms with van der Waals surface area (Å²) in [6.07, 6.45) is -0.257. The van der Waals surface area contributed by atoms with E-state index in [4.69, 9.17) is 0 Å². The molecule has 2 aromatic rings. The molecule has 166 valence electrons. The Morgan fingerprint density at radius 3 is 1.50 bits per heavy atom. The molecule has 0 aliphatic heterocycles. The molecule has 0 bridgehead atoms. The third kappa shape index (κ3) is 9.05. The van der Waals surface area contributed by atoms with Crippen molar-refractivity contribution in [1.29, 1.82) is 0 Å². The minimum absolute atomic E-state index is 0.257. The minimum Gasteiger partial charge on any atom is -0.378 e. The summed E-state index contributed by atoms with van der Waals surface area (Å²) in [5.41, 5.74) is 4.22. The highest BCUT2D eigenvalue weighted by Crippen LogP contribution is 2.23. The van der Waals surface area contributed by atoms with Crippen molar-refractivity contribution < 1.29 is 12.6 Å². The summed E-state index contributed by atoms with van der Waals surface area (Å²) >= 11 is 0. The molecule has 0 saturated carbocycles. The van der Waals surface area contributed by atoms with Crippen molar-refractivity contribution in [2.45, 2.75) is 58.8 Å². The Labute approximate surface area is 182 Å². The van der Waals surface area contributed by atoms with Crippen LogP contribution in [0, 0.1) is 0 Å². The van der Waals surface area contributed by atoms with Gasteiger partial charge in [-0.15, -0.1) is 0 Å². The third-order valence-corrected chi connectivity index (χ3v) is 5.92. The average Bonchev–Trinajstić information content (AvgIpc) is 2.66. The van der Waals surface area contributed by atoms with E-state index in [1.165, 1.54) is 5.56 Å². The quantitative estimate of drug-likeness (QED) is 0.372. The van der Waals surface area contributed by atoms with E-state index >= 15 is 0 Å². The van der Waals surface area contributed by atoms with Crippen LogP contribution in [-0.2, 0) is 14.3 Å². The second kappa shape index (κ2) is 11.8. The molecule has 6 nitrogen and oxygen atoms in total. The van der Waals surface area contributed by atoms with E-state index < -0.39 is 15.4 Å². The number of azo groups is 1. The molecule has 2 aromatic carbocycles. The maximum absolute atomic E-state index is 10.9. The van der Waals surface area contributed by atoms with E-state index in [-0.39, 0.29) is 6.10 Å². The number of rotatable bonds is 7. The van der Waals surface area contributed by atoms with Gasteiger partial charge in [0, 0.05) is 19.8 Å². The van der Waals surface area contributed by atoms with Crippen molar-refractivity contribution in [2.24, 2.45) is 10.2 Å². The molecule has 0 amide bonds. The van der Waals surface area contributed by atoms with E-state index in [1.807, 2.05) is 50.5 Å². The van der Waals surface area contributed by atoms with Gasteiger partial charge in [-0.3, -0.25) is 4.18 Å². The van der Waals surface area contributed by atoms with Gasteiger partial charge in [-0.25, -0.2) is 0 Å². The highest BCUT2D eigenvalue weighted by molar-refractivity contribution is 7.87. The summed E-state index contributed by atoms with van der Waals surface area (Å²) in [7, 11) is 0.744.